The summed E-state index contributed by atoms with van der Waals surface area (Å²) in [5, 5.41) is 14.8. The summed E-state index contributed by atoms with van der Waals surface area (Å²) in [4.78, 5) is 47.7. The zero-order chi connectivity index (χ0) is 30.0. The lowest BCUT2D eigenvalue weighted by Gasteiger charge is -2.16. The third kappa shape index (κ3) is 12.6. The van der Waals surface area contributed by atoms with E-state index in [1.54, 1.807) is 24.3 Å². The van der Waals surface area contributed by atoms with Crippen molar-refractivity contribution in [1.29, 1.82) is 0 Å². The Kier molecular flexibility index (Phi) is 15.5. The van der Waals surface area contributed by atoms with Crippen LogP contribution in [0.25, 0.3) is 0 Å². The monoisotopic (exact) mass is 607 g/mol. The molecule has 234 valence electrons. The summed E-state index contributed by atoms with van der Waals surface area (Å²) < 4.78 is 16.1. The molecule has 0 spiro atoms. The second-order valence-electron chi connectivity index (χ2n) is 10.2. The second kappa shape index (κ2) is 19.3. The van der Waals surface area contributed by atoms with Crippen molar-refractivity contribution in [2.45, 2.75) is 62.8 Å². The Bertz CT molecular complexity index is 997. The van der Waals surface area contributed by atoms with Crippen molar-refractivity contribution in [2.75, 3.05) is 63.8 Å². The van der Waals surface area contributed by atoms with E-state index in [1.807, 2.05) is 11.8 Å². The third-order valence-corrected chi connectivity index (χ3v) is 8.38. The first-order chi connectivity index (χ1) is 20.5. The molecule has 2 saturated heterocycles. The molecule has 42 heavy (non-hydrogen) atoms. The van der Waals surface area contributed by atoms with Crippen molar-refractivity contribution >= 4 is 41.2 Å². The van der Waals surface area contributed by atoms with Crippen LogP contribution in [0.1, 0.15) is 55.8 Å². The number of carbonyl (C=O) groups excluding carboxylic acids is 4. The maximum atomic E-state index is 12.4. The predicted molar refractivity (Wildman–Crippen MR) is 162 cm³/mol. The van der Waals surface area contributed by atoms with Crippen molar-refractivity contribution in [3.05, 3.63) is 29.8 Å². The minimum absolute atomic E-state index is 0.0317. The van der Waals surface area contributed by atoms with E-state index in [-0.39, 0.29) is 42.4 Å². The fourth-order valence-corrected chi connectivity index (χ4v) is 6.15. The Morgan fingerprint density at radius 1 is 0.881 bits per heavy atom. The number of anilines is 1. The molecule has 2 aliphatic rings. The molecular formula is C29H45N5O7S. The van der Waals surface area contributed by atoms with Crippen LogP contribution in [0.15, 0.2) is 24.3 Å². The van der Waals surface area contributed by atoms with E-state index in [1.165, 1.54) is 0 Å². The lowest BCUT2D eigenvalue weighted by atomic mass is 10.0. The zero-order valence-electron chi connectivity index (χ0n) is 24.4. The number of rotatable bonds is 21. The van der Waals surface area contributed by atoms with Crippen LogP contribution in [-0.4, -0.2) is 99.6 Å². The van der Waals surface area contributed by atoms with Crippen LogP contribution in [-0.2, 0) is 23.8 Å². The molecule has 2 heterocycles. The van der Waals surface area contributed by atoms with Gasteiger partial charge in [-0.15, -0.1) is 0 Å². The van der Waals surface area contributed by atoms with Gasteiger partial charge < -0.3 is 40.8 Å². The van der Waals surface area contributed by atoms with E-state index >= 15 is 0 Å². The van der Waals surface area contributed by atoms with Gasteiger partial charge in [0.2, 0.25) is 11.8 Å². The standard InChI is InChI=1S/C29H45N5O7S/c1-2-3-12-30-26(36)19-41-18-17-40-16-15-39-14-13-31-28(37)21-8-10-22(11-9-21)32-25(35)7-5-4-6-24-27-23(20-42-24)33-29(38)34-27/h8-11,23-24,27H,2-7,12-20H2,1H3,(H,30,36)(H,31,37)(H,32,35)(H2,33,34,38)/t23-,24-,27-/m1/s1. The molecule has 2 fully saturated rings. The van der Waals surface area contributed by atoms with Crippen molar-refractivity contribution in [3.8, 4) is 0 Å². The summed E-state index contributed by atoms with van der Waals surface area (Å²) in [6.45, 7) is 4.97. The Labute approximate surface area is 252 Å². The minimum Gasteiger partial charge on any atom is -0.377 e. The van der Waals surface area contributed by atoms with Crippen molar-refractivity contribution in [1.82, 2.24) is 21.3 Å². The van der Waals surface area contributed by atoms with Crippen LogP contribution in [0.3, 0.4) is 0 Å². The molecular weight excluding hydrogens is 562 g/mol. The third-order valence-electron chi connectivity index (χ3n) is 6.87. The van der Waals surface area contributed by atoms with Crippen LogP contribution in [0.2, 0.25) is 0 Å². The number of ether oxygens (including phenoxy) is 3. The number of fused-ring (bicyclic) bond motifs is 1. The van der Waals surface area contributed by atoms with Gasteiger partial charge in [0.1, 0.15) is 6.61 Å². The molecule has 1 aromatic rings. The van der Waals surface area contributed by atoms with Gasteiger partial charge in [-0.25, -0.2) is 4.79 Å². The van der Waals surface area contributed by atoms with E-state index in [4.69, 9.17) is 14.2 Å². The molecule has 5 N–H and O–H groups in total. The first-order valence-corrected chi connectivity index (χ1v) is 15.9. The number of carbonyl (C=O) groups is 4. The van der Waals surface area contributed by atoms with Crippen molar-refractivity contribution in [3.63, 3.8) is 0 Å². The van der Waals surface area contributed by atoms with Gasteiger partial charge in [0.25, 0.3) is 5.91 Å². The molecule has 0 radical (unpaired) electrons. The second-order valence-corrected chi connectivity index (χ2v) is 11.5. The van der Waals surface area contributed by atoms with E-state index in [0.717, 1.165) is 37.9 Å². The van der Waals surface area contributed by atoms with Crippen molar-refractivity contribution in [2.24, 2.45) is 0 Å². The van der Waals surface area contributed by atoms with Gasteiger partial charge in [0, 0.05) is 41.8 Å². The fraction of sp³-hybridized carbons (Fsp3) is 0.655. The molecule has 2 aliphatic heterocycles. The molecule has 12 nitrogen and oxygen atoms in total. The fourth-order valence-electron chi connectivity index (χ4n) is 4.60. The highest BCUT2D eigenvalue weighted by atomic mass is 32.2. The zero-order valence-corrected chi connectivity index (χ0v) is 25.2. The molecule has 13 heteroatoms. The summed E-state index contributed by atoms with van der Waals surface area (Å²) in [7, 11) is 0. The molecule has 3 rings (SSSR count). The first-order valence-electron chi connectivity index (χ1n) is 14.8. The molecule has 5 amide bonds. The average Bonchev–Trinajstić information content (AvgIpc) is 3.53. The molecule has 0 saturated carbocycles. The average molecular weight is 608 g/mol. The smallest absolute Gasteiger partial charge is 0.315 e. The largest absolute Gasteiger partial charge is 0.377 e. The summed E-state index contributed by atoms with van der Waals surface area (Å²) in [5.41, 5.74) is 1.14. The Morgan fingerprint density at radius 2 is 1.62 bits per heavy atom. The lowest BCUT2D eigenvalue weighted by Crippen LogP contribution is -2.36. The molecule has 3 atom stereocenters. The number of hydrogen-bond donors (Lipinski definition) is 5. The number of benzene rings is 1. The lowest BCUT2D eigenvalue weighted by molar-refractivity contribution is -0.126. The van der Waals surface area contributed by atoms with Crippen LogP contribution < -0.4 is 26.6 Å². The van der Waals surface area contributed by atoms with Gasteiger partial charge >= 0.3 is 6.03 Å². The van der Waals surface area contributed by atoms with Crippen molar-refractivity contribution < 1.29 is 33.4 Å². The quantitative estimate of drug-likeness (QED) is 0.105. The van der Waals surface area contributed by atoms with Gasteiger partial charge in [-0.05, 0) is 43.5 Å². The van der Waals surface area contributed by atoms with Gasteiger partial charge in [0.05, 0.1) is 45.1 Å². The number of unbranched alkanes of at least 4 members (excludes halogenated alkanes) is 2. The maximum Gasteiger partial charge on any atom is 0.315 e. The van der Waals surface area contributed by atoms with Crippen LogP contribution in [0, 0.1) is 0 Å². The number of hydrogen-bond acceptors (Lipinski definition) is 8. The molecule has 0 unspecified atom stereocenters. The summed E-state index contributed by atoms with van der Waals surface area (Å²) in [6.07, 6.45) is 5.10. The number of urea groups is 1. The Morgan fingerprint density at radius 3 is 2.38 bits per heavy atom. The predicted octanol–water partition coefficient (Wildman–Crippen LogP) is 2.05. The SMILES string of the molecule is CCCCNC(=O)COCCOCCOCCNC(=O)c1ccc(NC(=O)CCCC[C@H]2SC[C@H]3NC(=O)N[C@H]32)cc1. The molecule has 0 aromatic heterocycles. The van der Waals surface area contributed by atoms with E-state index in [0.29, 0.717) is 69.0 Å². The van der Waals surface area contributed by atoms with E-state index in [2.05, 4.69) is 33.5 Å². The van der Waals surface area contributed by atoms with Gasteiger partial charge in [0.15, 0.2) is 0 Å². The van der Waals surface area contributed by atoms with E-state index in [9.17, 15) is 19.2 Å². The van der Waals surface area contributed by atoms with Crippen LogP contribution >= 0.6 is 11.8 Å². The van der Waals surface area contributed by atoms with Crippen LogP contribution in [0.4, 0.5) is 10.5 Å². The maximum absolute atomic E-state index is 12.4. The summed E-state index contributed by atoms with van der Waals surface area (Å²) >= 11 is 1.88. The Balaban J connectivity index is 1.15. The van der Waals surface area contributed by atoms with Crippen LogP contribution in [0.5, 0.6) is 0 Å². The number of amides is 5. The number of thioether (sulfide) groups is 1. The highest BCUT2D eigenvalue weighted by Crippen LogP contribution is 2.33. The molecule has 1 aromatic carbocycles. The number of nitrogens with one attached hydrogen (secondary N) is 5. The summed E-state index contributed by atoms with van der Waals surface area (Å²) in [6, 6.07) is 7.12. The topological polar surface area (TPSA) is 156 Å². The molecule has 0 aliphatic carbocycles. The highest BCUT2D eigenvalue weighted by molar-refractivity contribution is 8.00. The Hall–Kier alpha value is -2.87. The highest BCUT2D eigenvalue weighted by Gasteiger charge is 2.42. The first kappa shape index (κ1) is 33.6. The minimum atomic E-state index is -0.218. The normalized spacial score (nSPS) is 19.1. The summed E-state index contributed by atoms with van der Waals surface area (Å²) in [5.74, 6) is 0.543. The molecule has 0 bridgehead atoms. The van der Waals surface area contributed by atoms with Gasteiger partial charge in [-0.2, -0.15) is 11.8 Å². The van der Waals surface area contributed by atoms with E-state index < -0.39 is 0 Å². The van der Waals surface area contributed by atoms with Gasteiger partial charge in [-0.1, -0.05) is 19.8 Å². The van der Waals surface area contributed by atoms with Gasteiger partial charge in [-0.3, -0.25) is 14.4 Å².